The molecule has 4 saturated heterocycles. The molecule has 1 amide bonds. The van der Waals surface area contributed by atoms with Gasteiger partial charge in [0.1, 0.15) is 30.4 Å². The number of carbonyl (C=O) groups is 3. The van der Waals surface area contributed by atoms with Gasteiger partial charge < -0.3 is 43.2 Å². The lowest BCUT2D eigenvalue weighted by molar-refractivity contribution is -0.154. The van der Waals surface area contributed by atoms with Crippen molar-refractivity contribution in [3.05, 3.63) is 45.4 Å². The fourth-order valence-corrected chi connectivity index (χ4v) is 10.9. The minimum Gasteiger partial charge on any atom is -0.493 e. The molecular formula is C38H48N4O11S. The van der Waals surface area contributed by atoms with Crippen molar-refractivity contribution in [2.45, 2.75) is 101 Å². The number of esters is 2. The van der Waals surface area contributed by atoms with E-state index in [1.165, 1.54) is 18.7 Å². The molecular weight excluding hydrogens is 721 g/mol. The van der Waals surface area contributed by atoms with Crippen molar-refractivity contribution >= 4 is 29.8 Å². The average Bonchev–Trinajstić information content (AvgIpc) is 3.59. The Morgan fingerprint density at radius 1 is 1.13 bits per heavy atom. The number of fused-ring (bicyclic) bond motifs is 8. The number of hydrogen-bond donors (Lipinski definition) is 1. The number of likely N-dealkylation sites (N-methyl/N-ethyl adjacent to an activating group) is 1. The summed E-state index contributed by atoms with van der Waals surface area (Å²) < 4.78 is 47.8. The number of methoxy groups -OCH3 is 2. The molecule has 0 saturated carbocycles. The molecule has 6 aliphatic rings. The minimum atomic E-state index is -1.06. The Kier molecular flexibility index (Phi) is 10.2. The molecule has 4 bridgehead atoms. The molecule has 0 aromatic heterocycles. The number of thioether (sulfide) groups is 1. The fraction of sp³-hybridized carbons (Fsp3) is 0.632. The van der Waals surface area contributed by atoms with Gasteiger partial charge in [0, 0.05) is 59.7 Å². The molecule has 54 heavy (non-hydrogen) atoms. The zero-order chi connectivity index (χ0) is 38.8. The zero-order valence-electron chi connectivity index (χ0n) is 32.0. The summed E-state index contributed by atoms with van der Waals surface area (Å²) in [5.74, 6) is 0.609. The van der Waals surface area contributed by atoms with Crippen molar-refractivity contribution < 1.29 is 52.3 Å². The largest absolute Gasteiger partial charge is 0.493 e. The van der Waals surface area contributed by atoms with Crippen LogP contribution in [0.3, 0.4) is 0 Å². The van der Waals surface area contributed by atoms with Gasteiger partial charge in [-0.05, 0) is 59.2 Å². The van der Waals surface area contributed by atoms with Gasteiger partial charge in [-0.25, -0.2) is 9.59 Å². The van der Waals surface area contributed by atoms with E-state index < -0.39 is 65.1 Å². The second-order valence-electron chi connectivity index (χ2n) is 15.5. The Balaban J connectivity index is 1.46. The van der Waals surface area contributed by atoms with Crippen LogP contribution in [-0.2, 0) is 44.4 Å². The Labute approximate surface area is 319 Å². The molecule has 0 radical (unpaired) electrons. The standard InChI is InChI=1S/C38H48N4O11S/c1-17-10-20-11-22-23(12-39)42-24-13-48-36(44)21(40-37(45)53-38(4,5)6)14-54-35(27-26(24)34-32(50-16-51-34)18(2)31(27)52-19(3)43)29(42)28(41(22)7)25(20)33(30(17)47-9)49-15-46-8/h10,21-24,27-29,31,35H,11,13-16H2,1-9H3,(H,40,45)/t21-,22-,23-,24-,27?,28+,29?,31?,35+/m0/s1. The molecule has 0 spiro atoms. The summed E-state index contributed by atoms with van der Waals surface area (Å²) in [6, 6.07) is 1.24. The van der Waals surface area contributed by atoms with Crippen molar-refractivity contribution in [2.75, 3.05) is 47.2 Å². The lowest BCUT2D eigenvalue weighted by atomic mass is 9.66. The highest BCUT2D eigenvalue weighted by Crippen LogP contribution is 2.59. The number of nitrogens with zero attached hydrogens (tertiary/aromatic N) is 3. The number of alkyl carbamates (subject to hydrolysis) is 1. The average molecular weight is 769 g/mol. The van der Waals surface area contributed by atoms with Crippen LogP contribution in [0.15, 0.2) is 28.7 Å². The number of nitrogens with one attached hydrogen (secondary N) is 1. The van der Waals surface area contributed by atoms with Crippen LogP contribution in [0.2, 0.25) is 0 Å². The van der Waals surface area contributed by atoms with E-state index in [9.17, 15) is 19.6 Å². The monoisotopic (exact) mass is 768 g/mol. The third-order valence-corrected chi connectivity index (χ3v) is 12.6. The second-order valence-corrected chi connectivity index (χ2v) is 16.7. The maximum Gasteiger partial charge on any atom is 0.408 e. The number of piperidine rings is 1. The van der Waals surface area contributed by atoms with Gasteiger partial charge in [-0.3, -0.25) is 14.6 Å². The molecule has 5 aliphatic heterocycles. The number of amides is 1. The molecule has 3 unspecified atom stereocenters. The topological polar surface area (TPSA) is 167 Å². The van der Waals surface area contributed by atoms with Gasteiger partial charge in [-0.15, -0.1) is 0 Å². The predicted molar refractivity (Wildman–Crippen MR) is 193 cm³/mol. The van der Waals surface area contributed by atoms with E-state index in [0.29, 0.717) is 35.0 Å². The first-order valence-corrected chi connectivity index (χ1v) is 19.1. The number of hydrogen-bond acceptors (Lipinski definition) is 15. The number of benzene rings is 1. The molecule has 7 rings (SSSR count). The zero-order valence-corrected chi connectivity index (χ0v) is 32.9. The first-order valence-electron chi connectivity index (χ1n) is 18.1. The van der Waals surface area contributed by atoms with Gasteiger partial charge in [-0.1, -0.05) is 6.07 Å². The van der Waals surface area contributed by atoms with Crippen molar-refractivity contribution in [1.82, 2.24) is 15.1 Å². The summed E-state index contributed by atoms with van der Waals surface area (Å²) in [6.07, 6.45) is -0.976. The molecule has 9 atom stereocenters. The second kappa shape index (κ2) is 14.5. The van der Waals surface area contributed by atoms with Crippen LogP contribution in [0.5, 0.6) is 11.5 Å². The molecule has 5 heterocycles. The van der Waals surface area contributed by atoms with Crippen molar-refractivity contribution in [2.24, 2.45) is 5.92 Å². The number of aryl methyl sites for hydroxylation is 1. The summed E-state index contributed by atoms with van der Waals surface area (Å²) in [4.78, 5) is 44.2. The maximum atomic E-state index is 13.8. The molecule has 1 aromatic carbocycles. The van der Waals surface area contributed by atoms with Crippen molar-refractivity contribution in [3.63, 3.8) is 0 Å². The van der Waals surface area contributed by atoms with E-state index in [1.807, 2.05) is 20.9 Å². The van der Waals surface area contributed by atoms with Crippen LogP contribution in [0.1, 0.15) is 57.4 Å². The van der Waals surface area contributed by atoms with Crippen molar-refractivity contribution in [3.8, 4) is 17.6 Å². The quantitative estimate of drug-likeness (QED) is 0.254. The summed E-state index contributed by atoms with van der Waals surface area (Å²) >= 11 is 1.45. The molecule has 292 valence electrons. The van der Waals surface area contributed by atoms with Crippen LogP contribution < -0.4 is 14.8 Å². The van der Waals surface area contributed by atoms with Gasteiger partial charge in [0.05, 0.1) is 25.3 Å². The van der Waals surface area contributed by atoms with Crippen LogP contribution in [0.25, 0.3) is 0 Å². The van der Waals surface area contributed by atoms with Gasteiger partial charge in [0.2, 0.25) is 6.79 Å². The Bertz CT molecular complexity index is 1840. The minimum absolute atomic E-state index is 0.0202. The lowest BCUT2D eigenvalue weighted by Crippen LogP contribution is -2.75. The molecule has 15 nitrogen and oxygen atoms in total. The normalized spacial score (nSPS) is 31.7. The summed E-state index contributed by atoms with van der Waals surface area (Å²) in [6.45, 7) is 10.2. The first kappa shape index (κ1) is 38.1. The smallest absolute Gasteiger partial charge is 0.408 e. The third kappa shape index (κ3) is 6.32. The SMILES string of the molecule is COCOc1c(OC)c(C)cc2c1[C@@H]1C3[C@@H]4SC[C@H](NC(=O)OC(C)(C)C)C(=O)OC[C@@H](C5=C6OCOC6=C(C)C(OC(C)=O)C54)N3[C@@H](C#N)[C@H](C2)N1C. The number of carbonyl (C=O) groups excluding carboxylic acids is 3. The lowest BCUT2D eigenvalue weighted by Gasteiger charge is -2.64. The highest BCUT2D eigenvalue weighted by Gasteiger charge is 2.64. The number of cyclic esters (lactones) is 1. The Hall–Kier alpha value is -4.17. The first-order chi connectivity index (χ1) is 25.7. The van der Waals surface area contributed by atoms with Gasteiger partial charge >= 0.3 is 18.0 Å². The van der Waals surface area contributed by atoms with E-state index in [4.69, 9.17) is 37.9 Å². The molecule has 1 aliphatic carbocycles. The van der Waals surface area contributed by atoms with E-state index in [0.717, 1.165) is 22.3 Å². The van der Waals surface area contributed by atoms with E-state index in [2.05, 4.69) is 27.3 Å². The molecule has 4 fully saturated rings. The maximum absolute atomic E-state index is 13.8. The number of piperazine rings is 1. The van der Waals surface area contributed by atoms with Crippen LogP contribution in [-0.4, -0.2) is 122 Å². The summed E-state index contributed by atoms with van der Waals surface area (Å²) in [7, 11) is 5.19. The van der Waals surface area contributed by atoms with Crippen LogP contribution >= 0.6 is 11.8 Å². The Morgan fingerprint density at radius 3 is 2.54 bits per heavy atom. The van der Waals surface area contributed by atoms with Gasteiger partial charge in [0.25, 0.3) is 0 Å². The van der Waals surface area contributed by atoms with Crippen molar-refractivity contribution in [1.29, 1.82) is 5.26 Å². The van der Waals surface area contributed by atoms with E-state index in [1.54, 1.807) is 35.0 Å². The molecule has 16 heteroatoms. The highest BCUT2D eigenvalue weighted by atomic mass is 32.2. The number of rotatable bonds is 6. The van der Waals surface area contributed by atoms with E-state index in [-0.39, 0.29) is 38.0 Å². The highest BCUT2D eigenvalue weighted by molar-refractivity contribution is 8.00. The summed E-state index contributed by atoms with van der Waals surface area (Å²) in [5, 5.41) is 13.4. The number of nitriles is 1. The third-order valence-electron chi connectivity index (χ3n) is 11.1. The Morgan fingerprint density at radius 2 is 1.87 bits per heavy atom. The van der Waals surface area contributed by atoms with Crippen LogP contribution in [0, 0.1) is 24.2 Å². The molecule has 1 N–H and O–H groups in total. The number of ether oxygens (including phenoxy) is 8. The van der Waals surface area contributed by atoms with Crippen LogP contribution in [0.4, 0.5) is 4.79 Å². The van der Waals surface area contributed by atoms with Gasteiger partial charge in [-0.2, -0.15) is 17.0 Å². The van der Waals surface area contributed by atoms with E-state index >= 15 is 0 Å². The summed E-state index contributed by atoms with van der Waals surface area (Å²) in [5.41, 5.74) is 3.48. The fourth-order valence-electron chi connectivity index (χ4n) is 9.24. The predicted octanol–water partition coefficient (Wildman–Crippen LogP) is 3.49. The molecule has 1 aromatic rings. The van der Waals surface area contributed by atoms with Gasteiger partial charge in [0.15, 0.2) is 29.8 Å².